The molecule has 0 saturated heterocycles. The highest BCUT2D eigenvalue weighted by atomic mass is 79.9. The van der Waals surface area contributed by atoms with Crippen molar-refractivity contribution in [3.8, 4) is 0 Å². The first kappa shape index (κ1) is 11.8. The van der Waals surface area contributed by atoms with E-state index in [1.165, 1.54) is 5.56 Å². The van der Waals surface area contributed by atoms with Crippen LogP contribution in [0.5, 0.6) is 0 Å². The molecule has 0 unspecified atom stereocenters. The number of nitrogens with one attached hydrogen (secondary N) is 1. The fraction of sp³-hybridized carbons (Fsp3) is 0.300. The molecule has 5 heteroatoms. The molecule has 4 nitrogen and oxygen atoms in total. The number of aryl methyl sites for hydroxylation is 1. The van der Waals surface area contributed by atoms with Crippen LogP contribution in [0.3, 0.4) is 0 Å². The number of oxime groups is 1. The quantitative estimate of drug-likeness (QED) is 0.340. The molecule has 0 atom stereocenters. The van der Waals surface area contributed by atoms with Crippen LogP contribution in [-0.4, -0.2) is 17.6 Å². The van der Waals surface area contributed by atoms with Gasteiger partial charge in [0, 0.05) is 10.2 Å². The minimum atomic E-state index is 0.167. The zero-order valence-corrected chi connectivity index (χ0v) is 10.1. The summed E-state index contributed by atoms with van der Waals surface area (Å²) >= 11 is 3.41. The lowest BCUT2D eigenvalue weighted by Gasteiger charge is -2.10. The first-order valence-electron chi connectivity index (χ1n) is 4.66. The molecule has 1 aromatic rings. The Morgan fingerprint density at radius 2 is 2.33 bits per heavy atom. The summed E-state index contributed by atoms with van der Waals surface area (Å²) in [7, 11) is 0. The molecule has 1 rings (SSSR count). The van der Waals surface area contributed by atoms with Crippen molar-refractivity contribution in [3.05, 3.63) is 28.2 Å². The highest BCUT2D eigenvalue weighted by Crippen LogP contribution is 2.21. The molecule has 0 bridgehead atoms. The summed E-state index contributed by atoms with van der Waals surface area (Å²) in [4.78, 5) is 0. The van der Waals surface area contributed by atoms with E-state index in [0.717, 1.165) is 16.6 Å². The van der Waals surface area contributed by atoms with Crippen LogP contribution in [-0.2, 0) is 6.42 Å². The number of anilines is 1. The molecule has 0 aliphatic carbocycles. The molecule has 0 radical (unpaired) electrons. The third-order valence-electron chi connectivity index (χ3n) is 2.04. The van der Waals surface area contributed by atoms with E-state index in [-0.39, 0.29) is 5.84 Å². The summed E-state index contributed by atoms with van der Waals surface area (Å²) in [5.74, 6) is 0.167. The zero-order chi connectivity index (χ0) is 11.3. The molecule has 0 aromatic heterocycles. The molecule has 0 saturated carbocycles. The van der Waals surface area contributed by atoms with Crippen LogP contribution >= 0.6 is 15.9 Å². The predicted octanol–water partition coefficient (Wildman–Crippen LogP) is 2.17. The highest BCUT2D eigenvalue weighted by Gasteiger charge is 2.01. The molecule has 0 amide bonds. The lowest BCUT2D eigenvalue weighted by molar-refractivity contribution is 0.317. The Labute approximate surface area is 97.3 Å². The van der Waals surface area contributed by atoms with Gasteiger partial charge in [-0.05, 0) is 30.2 Å². The summed E-state index contributed by atoms with van der Waals surface area (Å²) in [6.45, 7) is 2.42. The van der Waals surface area contributed by atoms with E-state index in [0.29, 0.717) is 6.54 Å². The average molecular weight is 272 g/mol. The fourth-order valence-electron chi connectivity index (χ4n) is 1.25. The largest absolute Gasteiger partial charge is 0.409 e. The monoisotopic (exact) mass is 271 g/mol. The maximum Gasteiger partial charge on any atom is 0.158 e. The molecule has 0 spiro atoms. The smallest absolute Gasteiger partial charge is 0.158 e. The Balaban J connectivity index is 2.76. The number of hydrogen-bond donors (Lipinski definition) is 3. The molecule has 0 heterocycles. The van der Waals surface area contributed by atoms with Crippen LogP contribution in [0.15, 0.2) is 27.8 Å². The van der Waals surface area contributed by atoms with E-state index in [9.17, 15) is 0 Å². The van der Waals surface area contributed by atoms with Gasteiger partial charge in [-0.2, -0.15) is 0 Å². The molecule has 82 valence electrons. The number of rotatable bonds is 4. The van der Waals surface area contributed by atoms with Crippen molar-refractivity contribution in [2.75, 3.05) is 11.9 Å². The van der Waals surface area contributed by atoms with E-state index in [1.54, 1.807) is 0 Å². The van der Waals surface area contributed by atoms with Crippen molar-refractivity contribution in [2.24, 2.45) is 10.9 Å². The number of benzene rings is 1. The van der Waals surface area contributed by atoms with E-state index in [4.69, 9.17) is 10.9 Å². The summed E-state index contributed by atoms with van der Waals surface area (Å²) in [5, 5.41) is 14.4. The second-order valence-corrected chi connectivity index (χ2v) is 4.02. The Morgan fingerprint density at radius 1 is 1.60 bits per heavy atom. The minimum Gasteiger partial charge on any atom is -0.409 e. The minimum absolute atomic E-state index is 0.167. The van der Waals surface area contributed by atoms with Crippen LogP contribution in [0.25, 0.3) is 0 Å². The predicted molar refractivity (Wildman–Crippen MR) is 65.4 cm³/mol. The van der Waals surface area contributed by atoms with E-state index in [1.807, 2.05) is 12.1 Å². The maximum absolute atomic E-state index is 8.40. The number of halogens is 1. The molecule has 0 fully saturated rings. The zero-order valence-electron chi connectivity index (χ0n) is 8.50. The van der Waals surface area contributed by atoms with Gasteiger partial charge in [-0.1, -0.05) is 28.0 Å². The fourth-order valence-corrected chi connectivity index (χ4v) is 1.66. The van der Waals surface area contributed by atoms with Gasteiger partial charge in [0.25, 0.3) is 0 Å². The highest BCUT2D eigenvalue weighted by molar-refractivity contribution is 9.10. The summed E-state index contributed by atoms with van der Waals surface area (Å²) in [6, 6.07) is 5.97. The third kappa shape index (κ3) is 3.43. The Kier molecular flexibility index (Phi) is 4.42. The maximum atomic E-state index is 8.40. The first-order valence-corrected chi connectivity index (χ1v) is 5.45. The van der Waals surface area contributed by atoms with Gasteiger partial charge in [-0.15, -0.1) is 0 Å². The van der Waals surface area contributed by atoms with Crippen molar-refractivity contribution >= 4 is 27.5 Å². The Hall–Kier alpha value is -1.23. The van der Waals surface area contributed by atoms with Gasteiger partial charge in [0.1, 0.15) is 0 Å². The number of nitrogens with two attached hydrogens (primary N) is 1. The van der Waals surface area contributed by atoms with Gasteiger partial charge in [0.05, 0.1) is 6.54 Å². The molecular weight excluding hydrogens is 258 g/mol. The van der Waals surface area contributed by atoms with Gasteiger partial charge < -0.3 is 16.3 Å². The summed E-state index contributed by atoms with van der Waals surface area (Å²) in [5.41, 5.74) is 7.57. The summed E-state index contributed by atoms with van der Waals surface area (Å²) < 4.78 is 1.05. The number of amidine groups is 1. The van der Waals surface area contributed by atoms with Crippen LogP contribution in [0.2, 0.25) is 0 Å². The topological polar surface area (TPSA) is 70.6 Å². The van der Waals surface area contributed by atoms with Gasteiger partial charge in [0.2, 0.25) is 0 Å². The van der Waals surface area contributed by atoms with Crippen molar-refractivity contribution < 1.29 is 5.21 Å². The first-order chi connectivity index (χ1) is 7.17. The van der Waals surface area contributed by atoms with Gasteiger partial charge in [0.15, 0.2) is 5.84 Å². The number of hydrogen-bond acceptors (Lipinski definition) is 3. The molecule has 1 aromatic carbocycles. The van der Waals surface area contributed by atoms with Gasteiger partial charge in [-0.25, -0.2) is 0 Å². The number of nitrogens with zero attached hydrogens (tertiary/aromatic N) is 1. The molecule has 15 heavy (non-hydrogen) atoms. The lowest BCUT2D eigenvalue weighted by Crippen LogP contribution is -2.22. The summed E-state index contributed by atoms with van der Waals surface area (Å²) in [6.07, 6.45) is 0.929. The Bertz CT molecular complexity index is 366. The van der Waals surface area contributed by atoms with Crippen molar-refractivity contribution in [1.29, 1.82) is 0 Å². The van der Waals surface area contributed by atoms with E-state index >= 15 is 0 Å². The van der Waals surface area contributed by atoms with Crippen LogP contribution in [0.4, 0.5) is 5.69 Å². The van der Waals surface area contributed by atoms with E-state index < -0.39 is 0 Å². The van der Waals surface area contributed by atoms with Crippen LogP contribution < -0.4 is 11.1 Å². The molecule has 4 N–H and O–H groups in total. The van der Waals surface area contributed by atoms with Gasteiger partial charge in [-0.3, -0.25) is 0 Å². The average Bonchev–Trinajstić information content (AvgIpc) is 2.26. The third-order valence-corrected chi connectivity index (χ3v) is 2.53. The molecule has 0 aliphatic heterocycles. The van der Waals surface area contributed by atoms with Crippen LogP contribution in [0, 0.1) is 0 Å². The van der Waals surface area contributed by atoms with Gasteiger partial charge >= 0.3 is 0 Å². The molecule has 0 aliphatic rings. The van der Waals surface area contributed by atoms with Crippen molar-refractivity contribution in [3.63, 3.8) is 0 Å². The van der Waals surface area contributed by atoms with Crippen LogP contribution in [0.1, 0.15) is 12.5 Å². The van der Waals surface area contributed by atoms with Crippen molar-refractivity contribution in [2.45, 2.75) is 13.3 Å². The standard InChI is InChI=1S/C10H14BrN3O/c1-2-7-5-8(11)3-4-9(7)13-6-10(12)14-15/h3-5,13,15H,2,6H2,1H3,(H2,12,14). The normalized spacial score (nSPS) is 11.5. The van der Waals surface area contributed by atoms with E-state index in [2.05, 4.69) is 39.4 Å². The Morgan fingerprint density at radius 3 is 2.93 bits per heavy atom. The van der Waals surface area contributed by atoms with Crippen molar-refractivity contribution in [1.82, 2.24) is 0 Å². The second-order valence-electron chi connectivity index (χ2n) is 3.10. The molecular formula is C10H14BrN3O. The SMILES string of the molecule is CCc1cc(Br)ccc1NC/C(N)=N/O. The second kappa shape index (κ2) is 5.60. The lowest BCUT2D eigenvalue weighted by atomic mass is 10.1.